The molecule has 0 fully saturated rings. The van der Waals surface area contributed by atoms with Gasteiger partial charge >= 0.3 is 5.97 Å². The summed E-state index contributed by atoms with van der Waals surface area (Å²) in [7, 11) is -3.36. The Hall–Kier alpha value is -3.07. The Morgan fingerprint density at radius 2 is 1.96 bits per heavy atom. The van der Waals surface area contributed by atoms with Crippen molar-refractivity contribution in [2.45, 2.75) is 6.04 Å². The predicted octanol–water partition coefficient (Wildman–Crippen LogP) is 0.977. The molecule has 0 radical (unpaired) electrons. The van der Waals surface area contributed by atoms with Gasteiger partial charge in [-0.3, -0.25) is 9.78 Å². The summed E-state index contributed by atoms with van der Waals surface area (Å²) in [5.74, 6) is -1.54. The average Bonchev–Trinajstić information content (AvgIpc) is 3.01. The number of ether oxygens (including phenoxy) is 1. The number of sulfone groups is 1. The summed E-state index contributed by atoms with van der Waals surface area (Å²) < 4.78 is 28.4. The highest BCUT2D eigenvalue weighted by Gasteiger charge is 2.31. The standard InChI is InChI=1S/C17H15N3O5S/c21-16(11-25-17(22)15-10-18-7-8-19-15)20(13-4-2-1-3-5-13)14-6-9-26(23,24)12-14/h1-10,14H,11-12H2/t14-/m1/s1. The quantitative estimate of drug-likeness (QED) is 0.719. The second kappa shape index (κ2) is 7.44. The molecule has 3 rings (SSSR count). The van der Waals surface area contributed by atoms with E-state index in [1.807, 2.05) is 0 Å². The van der Waals surface area contributed by atoms with E-state index < -0.39 is 34.4 Å². The molecule has 8 nitrogen and oxygen atoms in total. The van der Waals surface area contributed by atoms with Crippen LogP contribution in [-0.2, 0) is 19.4 Å². The van der Waals surface area contributed by atoms with Gasteiger partial charge in [-0.05, 0) is 18.2 Å². The Kier molecular flexibility index (Phi) is 5.08. The summed E-state index contributed by atoms with van der Waals surface area (Å²) in [6.07, 6.45) is 5.42. The number of esters is 1. The minimum atomic E-state index is -3.36. The number of rotatable bonds is 5. The van der Waals surface area contributed by atoms with Crippen molar-refractivity contribution >= 4 is 27.4 Å². The molecular weight excluding hydrogens is 358 g/mol. The summed E-state index contributed by atoms with van der Waals surface area (Å²) in [6, 6.07) is 7.94. The number of carbonyl (C=O) groups excluding carboxylic acids is 2. The van der Waals surface area contributed by atoms with Crippen LogP contribution < -0.4 is 4.90 Å². The van der Waals surface area contributed by atoms with Crippen molar-refractivity contribution in [1.82, 2.24) is 9.97 Å². The van der Waals surface area contributed by atoms with Gasteiger partial charge in [0.25, 0.3) is 5.91 Å². The Morgan fingerprint density at radius 1 is 1.19 bits per heavy atom. The number of aromatic nitrogens is 2. The monoisotopic (exact) mass is 373 g/mol. The number of benzene rings is 1. The van der Waals surface area contributed by atoms with E-state index in [2.05, 4.69) is 9.97 Å². The molecule has 1 aliphatic heterocycles. The molecule has 1 aromatic heterocycles. The zero-order chi connectivity index (χ0) is 18.6. The average molecular weight is 373 g/mol. The second-order valence-electron chi connectivity index (χ2n) is 5.49. The Balaban J connectivity index is 1.76. The van der Waals surface area contributed by atoms with Gasteiger partial charge in [-0.2, -0.15) is 0 Å². The van der Waals surface area contributed by atoms with Gasteiger partial charge in [-0.15, -0.1) is 0 Å². The first-order valence-corrected chi connectivity index (χ1v) is 9.39. The van der Waals surface area contributed by atoms with Crippen LogP contribution >= 0.6 is 0 Å². The molecule has 134 valence electrons. The van der Waals surface area contributed by atoms with Crippen LogP contribution in [0.1, 0.15) is 10.5 Å². The Labute approximate surface area is 150 Å². The number of amides is 1. The van der Waals surface area contributed by atoms with Gasteiger partial charge in [0.1, 0.15) is 0 Å². The lowest BCUT2D eigenvalue weighted by atomic mass is 10.2. The van der Waals surface area contributed by atoms with Crippen LogP contribution in [0.2, 0.25) is 0 Å². The summed E-state index contributed by atoms with van der Waals surface area (Å²) in [5, 5.41) is 1.09. The Morgan fingerprint density at radius 3 is 2.58 bits per heavy atom. The van der Waals surface area contributed by atoms with Crippen molar-refractivity contribution in [3.63, 3.8) is 0 Å². The molecule has 1 atom stereocenters. The third kappa shape index (κ3) is 4.12. The highest BCUT2D eigenvalue weighted by Crippen LogP contribution is 2.22. The largest absolute Gasteiger partial charge is 0.451 e. The van der Waals surface area contributed by atoms with Gasteiger partial charge in [0.05, 0.1) is 18.0 Å². The van der Waals surface area contributed by atoms with E-state index >= 15 is 0 Å². The minimum Gasteiger partial charge on any atom is -0.451 e. The lowest BCUT2D eigenvalue weighted by molar-refractivity contribution is -0.121. The number of para-hydroxylation sites is 1. The lowest BCUT2D eigenvalue weighted by Crippen LogP contribution is -2.43. The van der Waals surface area contributed by atoms with Crippen LogP contribution in [0.3, 0.4) is 0 Å². The molecule has 0 unspecified atom stereocenters. The Bertz CT molecular complexity index is 929. The van der Waals surface area contributed by atoms with E-state index in [0.717, 1.165) is 5.41 Å². The van der Waals surface area contributed by atoms with Crippen molar-refractivity contribution in [3.05, 3.63) is 66.1 Å². The first-order valence-electron chi connectivity index (χ1n) is 7.67. The van der Waals surface area contributed by atoms with Gasteiger partial charge in [0.2, 0.25) is 0 Å². The third-order valence-corrected chi connectivity index (χ3v) is 5.02. The van der Waals surface area contributed by atoms with Gasteiger partial charge in [0.15, 0.2) is 22.1 Å². The summed E-state index contributed by atoms with van der Waals surface area (Å²) in [5.41, 5.74) is 0.495. The first kappa shape index (κ1) is 17.7. The maximum absolute atomic E-state index is 12.7. The third-order valence-electron chi connectivity index (χ3n) is 3.64. The highest BCUT2D eigenvalue weighted by molar-refractivity contribution is 7.94. The van der Waals surface area contributed by atoms with Gasteiger partial charge in [-0.1, -0.05) is 18.2 Å². The zero-order valence-electron chi connectivity index (χ0n) is 13.6. The number of hydrogen-bond acceptors (Lipinski definition) is 7. The zero-order valence-corrected chi connectivity index (χ0v) is 14.4. The van der Waals surface area contributed by atoms with Gasteiger partial charge < -0.3 is 9.64 Å². The molecule has 0 bridgehead atoms. The van der Waals surface area contributed by atoms with E-state index in [-0.39, 0.29) is 11.4 Å². The fraction of sp³-hybridized carbons (Fsp3) is 0.176. The maximum Gasteiger partial charge on any atom is 0.359 e. The van der Waals surface area contributed by atoms with Crippen molar-refractivity contribution in [3.8, 4) is 0 Å². The van der Waals surface area contributed by atoms with Crippen molar-refractivity contribution < 1.29 is 22.7 Å². The van der Waals surface area contributed by atoms with Crippen LogP contribution in [0.4, 0.5) is 5.69 Å². The molecule has 0 aliphatic carbocycles. The second-order valence-corrected chi connectivity index (χ2v) is 7.42. The fourth-order valence-electron chi connectivity index (χ4n) is 2.50. The van der Waals surface area contributed by atoms with Crippen LogP contribution in [0.5, 0.6) is 0 Å². The molecule has 0 spiro atoms. The van der Waals surface area contributed by atoms with Crippen LogP contribution in [-0.4, -0.2) is 48.7 Å². The molecule has 0 N–H and O–H groups in total. The van der Waals surface area contributed by atoms with Crippen LogP contribution in [0.25, 0.3) is 0 Å². The molecule has 1 amide bonds. The molecule has 2 heterocycles. The molecule has 26 heavy (non-hydrogen) atoms. The topological polar surface area (TPSA) is 107 Å². The number of anilines is 1. The fourth-order valence-corrected chi connectivity index (χ4v) is 3.77. The SMILES string of the molecule is O=C(OCC(=O)N(c1ccccc1)[C@@H]1C=CS(=O)(=O)C1)c1cnccn1. The molecule has 1 aromatic carbocycles. The van der Waals surface area contributed by atoms with Gasteiger partial charge in [0, 0.05) is 23.5 Å². The van der Waals surface area contributed by atoms with Crippen molar-refractivity contribution in [2.24, 2.45) is 0 Å². The van der Waals surface area contributed by atoms with E-state index in [4.69, 9.17) is 4.74 Å². The molecule has 0 saturated heterocycles. The van der Waals surface area contributed by atoms with E-state index in [0.29, 0.717) is 5.69 Å². The minimum absolute atomic E-state index is 0.0186. The maximum atomic E-state index is 12.7. The van der Waals surface area contributed by atoms with E-state index in [9.17, 15) is 18.0 Å². The number of carbonyl (C=O) groups is 2. The highest BCUT2D eigenvalue weighted by atomic mass is 32.2. The molecule has 9 heteroatoms. The normalized spacial score (nSPS) is 17.6. The summed E-state index contributed by atoms with van der Waals surface area (Å²) >= 11 is 0. The molecule has 0 saturated carbocycles. The van der Waals surface area contributed by atoms with Gasteiger partial charge in [-0.25, -0.2) is 18.2 Å². The molecule has 1 aliphatic rings. The van der Waals surface area contributed by atoms with Crippen molar-refractivity contribution in [2.75, 3.05) is 17.3 Å². The summed E-state index contributed by atoms with van der Waals surface area (Å²) in [6.45, 7) is -0.547. The predicted molar refractivity (Wildman–Crippen MR) is 93.0 cm³/mol. The number of nitrogens with zero attached hydrogens (tertiary/aromatic N) is 3. The van der Waals surface area contributed by atoms with E-state index in [1.165, 1.54) is 29.6 Å². The van der Waals surface area contributed by atoms with Crippen LogP contribution in [0.15, 0.2) is 60.4 Å². The lowest BCUT2D eigenvalue weighted by Gasteiger charge is -2.27. The smallest absolute Gasteiger partial charge is 0.359 e. The van der Waals surface area contributed by atoms with E-state index in [1.54, 1.807) is 30.3 Å². The molecular formula is C17H15N3O5S. The summed E-state index contributed by atoms with van der Waals surface area (Å²) in [4.78, 5) is 33.5. The first-order chi connectivity index (χ1) is 12.5. The van der Waals surface area contributed by atoms with Crippen LogP contribution in [0, 0.1) is 0 Å². The number of hydrogen-bond donors (Lipinski definition) is 0. The van der Waals surface area contributed by atoms with Crippen molar-refractivity contribution in [1.29, 1.82) is 0 Å². The molecule has 2 aromatic rings.